The highest BCUT2D eigenvalue weighted by atomic mass is 32.1. The minimum atomic E-state index is -0.265. The number of para-hydroxylation sites is 1. The van der Waals surface area contributed by atoms with E-state index in [1.807, 2.05) is 17.5 Å². The summed E-state index contributed by atoms with van der Waals surface area (Å²) in [6.45, 7) is 0. The molecule has 0 fully saturated rings. The van der Waals surface area contributed by atoms with Crippen LogP contribution in [0.15, 0.2) is 40.8 Å². The largest absolute Gasteiger partial charge is 0.504 e. The molecule has 0 spiro atoms. The summed E-state index contributed by atoms with van der Waals surface area (Å²) in [5, 5.41) is 24.4. The number of thiophene rings is 1. The van der Waals surface area contributed by atoms with Gasteiger partial charge in [-0.25, -0.2) is 5.43 Å². The molecule has 6 heteroatoms. The van der Waals surface area contributed by atoms with Gasteiger partial charge in [-0.05, 0) is 23.6 Å². The Morgan fingerprint density at radius 1 is 1.32 bits per heavy atom. The topological polar surface area (TPSA) is 81.9 Å². The summed E-state index contributed by atoms with van der Waals surface area (Å²) in [6.07, 6.45) is 1.54. The van der Waals surface area contributed by atoms with Crippen LogP contribution in [0.2, 0.25) is 0 Å². The highest BCUT2D eigenvalue weighted by Gasteiger charge is 2.04. The normalized spacial score (nSPS) is 10.7. The van der Waals surface area contributed by atoms with Crippen LogP contribution in [0, 0.1) is 0 Å². The van der Waals surface area contributed by atoms with Gasteiger partial charge in [0.1, 0.15) is 0 Å². The van der Waals surface area contributed by atoms with Crippen LogP contribution in [0.1, 0.15) is 10.4 Å². The summed E-state index contributed by atoms with van der Waals surface area (Å²) in [7, 11) is 0. The molecule has 0 aliphatic rings. The Morgan fingerprint density at radius 3 is 2.89 bits per heavy atom. The van der Waals surface area contributed by atoms with E-state index < -0.39 is 0 Å². The minimum Gasteiger partial charge on any atom is -0.504 e. The minimum absolute atomic E-state index is 0.228. The van der Waals surface area contributed by atoms with Crippen LogP contribution < -0.4 is 5.43 Å². The highest BCUT2D eigenvalue weighted by molar-refractivity contribution is 7.10. The van der Waals surface area contributed by atoms with Crippen molar-refractivity contribution in [3.8, 4) is 11.5 Å². The summed E-state index contributed by atoms with van der Waals surface area (Å²) in [5.41, 5.74) is 2.69. The number of amides is 1. The lowest BCUT2D eigenvalue weighted by Gasteiger charge is -2.01. The second-order valence-corrected chi connectivity index (χ2v) is 4.80. The number of hydrogen-bond acceptors (Lipinski definition) is 5. The van der Waals surface area contributed by atoms with Crippen molar-refractivity contribution in [3.05, 3.63) is 46.2 Å². The summed E-state index contributed by atoms with van der Waals surface area (Å²) in [4.78, 5) is 12.5. The number of hydrogen-bond donors (Lipinski definition) is 3. The Morgan fingerprint density at radius 2 is 2.16 bits per heavy atom. The van der Waals surface area contributed by atoms with Gasteiger partial charge in [-0.3, -0.25) is 4.79 Å². The molecule has 2 rings (SSSR count). The Kier molecular flexibility index (Phi) is 4.15. The van der Waals surface area contributed by atoms with Crippen molar-refractivity contribution in [2.75, 3.05) is 0 Å². The van der Waals surface area contributed by atoms with Crippen LogP contribution in [0.3, 0.4) is 0 Å². The molecule has 1 heterocycles. The predicted octanol–water partition coefficient (Wildman–Crippen LogP) is 1.85. The zero-order valence-electron chi connectivity index (χ0n) is 9.91. The van der Waals surface area contributed by atoms with Crippen molar-refractivity contribution in [1.82, 2.24) is 5.43 Å². The number of nitrogens with one attached hydrogen (secondary N) is 1. The number of phenolic OH excluding ortho intramolecular Hbond substituents is 2. The molecular weight excluding hydrogens is 264 g/mol. The molecule has 1 aromatic heterocycles. The van der Waals surface area contributed by atoms with Gasteiger partial charge in [0.2, 0.25) is 5.91 Å². The average Bonchev–Trinajstić information content (AvgIpc) is 2.87. The lowest BCUT2D eigenvalue weighted by Crippen LogP contribution is -2.19. The fourth-order valence-electron chi connectivity index (χ4n) is 1.44. The van der Waals surface area contributed by atoms with Gasteiger partial charge in [-0.15, -0.1) is 11.3 Å². The van der Waals surface area contributed by atoms with E-state index in [0.717, 1.165) is 4.88 Å². The van der Waals surface area contributed by atoms with Gasteiger partial charge in [0, 0.05) is 10.4 Å². The van der Waals surface area contributed by atoms with Crippen molar-refractivity contribution in [2.45, 2.75) is 6.42 Å². The third-order valence-electron chi connectivity index (χ3n) is 2.35. The third-order valence-corrected chi connectivity index (χ3v) is 3.23. The average molecular weight is 276 g/mol. The number of phenols is 2. The molecule has 0 aliphatic heterocycles. The third kappa shape index (κ3) is 3.56. The molecule has 5 nitrogen and oxygen atoms in total. The van der Waals surface area contributed by atoms with E-state index in [1.165, 1.54) is 23.6 Å². The molecule has 0 unspecified atom stereocenters. The first kappa shape index (κ1) is 13.1. The van der Waals surface area contributed by atoms with Gasteiger partial charge >= 0.3 is 0 Å². The smallest absolute Gasteiger partial charge is 0.245 e. The zero-order valence-corrected chi connectivity index (χ0v) is 10.7. The Labute approximate surface area is 113 Å². The molecule has 0 saturated heterocycles. The number of rotatable bonds is 4. The molecule has 1 aromatic carbocycles. The monoisotopic (exact) mass is 276 g/mol. The number of hydrazone groups is 1. The van der Waals surface area contributed by atoms with Crippen LogP contribution in [0.25, 0.3) is 0 Å². The molecule has 0 radical (unpaired) electrons. The van der Waals surface area contributed by atoms with Gasteiger partial charge in [0.05, 0.1) is 12.6 Å². The molecule has 1 amide bonds. The first-order chi connectivity index (χ1) is 9.16. The lowest BCUT2D eigenvalue weighted by molar-refractivity contribution is -0.120. The van der Waals surface area contributed by atoms with E-state index in [0.29, 0.717) is 5.56 Å². The standard InChI is InChI=1S/C13H12N2O3S/c16-11-5-1-3-9(13(11)18)8-14-15-12(17)7-10-4-2-6-19-10/h1-6,8,16,18H,7H2,(H,15,17)/b14-8+. The van der Waals surface area contributed by atoms with Crippen LogP contribution in [0.4, 0.5) is 0 Å². The van der Waals surface area contributed by atoms with Crippen LogP contribution in [0.5, 0.6) is 11.5 Å². The van der Waals surface area contributed by atoms with Crippen molar-refractivity contribution in [1.29, 1.82) is 0 Å². The predicted molar refractivity (Wildman–Crippen MR) is 73.5 cm³/mol. The summed E-state index contributed by atoms with van der Waals surface area (Å²) >= 11 is 1.50. The van der Waals surface area contributed by atoms with E-state index >= 15 is 0 Å². The Bertz CT molecular complexity index is 594. The molecule has 0 saturated carbocycles. The van der Waals surface area contributed by atoms with Crippen molar-refractivity contribution < 1.29 is 15.0 Å². The van der Waals surface area contributed by atoms with E-state index in [2.05, 4.69) is 10.5 Å². The van der Waals surface area contributed by atoms with Gasteiger partial charge in [0.15, 0.2) is 11.5 Å². The molecule has 2 aromatic rings. The van der Waals surface area contributed by atoms with E-state index in [9.17, 15) is 15.0 Å². The van der Waals surface area contributed by atoms with Gasteiger partial charge in [-0.2, -0.15) is 5.10 Å². The fraction of sp³-hybridized carbons (Fsp3) is 0.0769. The number of aromatic hydroxyl groups is 2. The van der Waals surface area contributed by atoms with Gasteiger partial charge in [-0.1, -0.05) is 12.1 Å². The number of carbonyl (C=O) groups excluding carboxylic acids is 1. The molecule has 98 valence electrons. The van der Waals surface area contributed by atoms with E-state index in [4.69, 9.17) is 0 Å². The number of carbonyl (C=O) groups is 1. The summed E-state index contributed by atoms with van der Waals surface area (Å²) < 4.78 is 0. The van der Waals surface area contributed by atoms with E-state index in [-0.39, 0.29) is 23.8 Å². The van der Waals surface area contributed by atoms with E-state index in [1.54, 1.807) is 12.1 Å². The SMILES string of the molecule is O=C(Cc1cccs1)N/N=C/c1cccc(O)c1O. The maximum absolute atomic E-state index is 11.5. The van der Waals surface area contributed by atoms with Crippen molar-refractivity contribution >= 4 is 23.5 Å². The molecule has 0 bridgehead atoms. The first-order valence-corrected chi connectivity index (χ1v) is 6.40. The van der Waals surface area contributed by atoms with Gasteiger partial charge in [0.25, 0.3) is 0 Å². The number of benzene rings is 1. The lowest BCUT2D eigenvalue weighted by atomic mass is 10.2. The van der Waals surface area contributed by atoms with Crippen LogP contribution in [-0.2, 0) is 11.2 Å². The highest BCUT2D eigenvalue weighted by Crippen LogP contribution is 2.26. The summed E-state index contributed by atoms with van der Waals surface area (Å²) in [5.74, 6) is -0.731. The number of nitrogens with zero attached hydrogens (tertiary/aromatic N) is 1. The second-order valence-electron chi connectivity index (χ2n) is 3.76. The molecule has 0 atom stereocenters. The van der Waals surface area contributed by atoms with Crippen LogP contribution >= 0.6 is 11.3 Å². The maximum Gasteiger partial charge on any atom is 0.245 e. The van der Waals surface area contributed by atoms with Crippen LogP contribution in [-0.4, -0.2) is 22.3 Å². The van der Waals surface area contributed by atoms with Gasteiger partial charge < -0.3 is 10.2 Å². The quantitative estimate of drug-likeness (QED) is 0.453. The summed E-state index contributed by atoms with van der Waals surface area (Å²) in [6, 6.07) is 8.26. The molecule has 0 aliphatic carbocycles. The van der Waals surface area contributed by atoms with Crippen molar-refractivity contribution in [3.63, 3.8) is 0 Å². The fourth-order valence-corrected chi connectivity index (χ4v) is 2.14. The molecule has 3 N–H and O–H groups in total. The molecular formula is C13H12N2O3S. The second kappa shape index (κ2) is 6.01. The van der Waals surface area contributed by atoms with Crippen molar-refractivity contribution in [2.24, 2.45) is 5.10 Å². The zero-order chi connectivity index (χ0) is 13.7. The first-order valence-electron chi connectivity index (χ1n) is 5.52. The Balaban J connectivity index is 1.93. The Hall–Kier alpha value is -2.34. The maximum atomic E-state index is 11.5. The molecule has 19 heavy (non-hydrogen) atoms.